The lowest BCUT2D eigenvalue weighted by molar-refractivity contribution is -0.104. The molecule has 0 spiro atoms. The van der Waals surface area contributed by atoms with Gasteiger partial charge in [0.1, 0.15) is 5.60 Å². The fraction of sp³-hybridized carbons (Fsp3) is 0.818. The first kappa shape index (κ1) is 8.89. The van der Waals surface area contributed by atoms with E-state index in [0.29, 0.717) is 5.92 Å². The smallest absolute Gasteiger partial charge is 0.164 e. The van der Waals surface area contributed by atoms with E-state index in [9.17, 15) is 10.2 Å². The molecule has 1 heterocycles. The molecule has 0 aromatic carbocycles. The number of allylic oxidation sites excluding steroid dienone is 1. The number of aliphatic hydroxyl groups is 2. The van der Waals surface area contributed by atoms with E-state index in [1.165, 1.54) is 5.57 Å². The zero-order valence-electron chi connectivity index (χ0n) is 8.31. The van der Waals surface area contributed by atoms with Gasteiger partial charge in [0.25, 0.3) is 0 Å². The van der Waals surface area contributed by atoms with Crippen molar-refractivity contribution < 1.29 is 14.9 Å². The van der Waals surface area contributed by atoms with Crippen LogP contribution in [0.5, 0.6) is 0 Å². The van der Waals surface area contributed by atoms with Crippen LogP contribution in [-0.2, 0) is 4.74 Å². The standard InChI is InChI=1S/C11H16O3/c1-6-4-7-2-3-9-11(7,13)8(5-6)10(12)14-9/h5,7-10,12-13H,2-4H2,1H3/t7?,8?,9-,10?,11+/m1/s1. The van der Waals surface area contributed by atoms with Crippen LogP contribution in [0.2, 0.25) is 0 Å². The normalized spacial score (nSPS) is 55.8. The second kappa shape index (κ2) is 2.60. The summed E-state index contributed by atoms with van der Waals surface area (Å²) in [6.07, 6.45) is 3.91. The van der Waals surface area contributed by atoms with Crippen LogP contribution in [0.25, 0.3) is 0 Å². The van der Waals surface area contributed by atoms with Crippen LogP contribution >= 0.6 is 0 Å². The molecule has 3 rings (SSSR count). The summed E-state index contributed by atoms with van der Waals surface area (Å²) in [6, 6.07) is 0. The van der Waals surface area contributed by atoms with E-state index in [-0.39, 0.29) is 12.0 Å². The van der Waals surface area contributed by atoms with Gasteiger partial charge in [-0.2, -0.15) is 0 Å². The minimum atomic E-state index is -0.803. The van der Waals surface area contributed by atoms with Crippen LogP contribution in [0.15, 0.2) is 11.6 Å². The van der Waals surface area contributed by atoms with Crippen molar-refractivity contribution in [1.29, 1.82) is 0 Å². The highest BCUT2D eigenvalue weighted by Gasteiger charge is 2.62. The highest BCUT2D eigenvalue weighted by molar-refractivity contribution is 5.23. The molecule has 1 saturated carbocycles. The van der Waals surface area contributed by atoms with E-state index in [1.54, 1.807) is 0 Å². The SMILES string of the molecule is CC1=CC2C(O)O[C@@H]3CCC(C1)[C@]23O. The van der Waals surface area contributed by atoms with Crippen molar-refractivity contribution in [2.24, 2.45) is 11.8 Å². The number of hydrogen-bond donors (Lipinski definition) is 2. The van der Waals surface area contributed by atoms with Crippen molar-refractivity contribution in [3.05, 3.63) is 11.6 Å². The Bertz CT molecular complexity index is 299. The third-order valence-electron chi connectivity index (χ3n) is 4.12. The molecule has 78 valence electrons. The molecule has 2 fully saturated rings. The Balaban J connectivity index is 2.07. The van der Waals surface area contributed by atoms with Gasteiger partial charge in [-0.3, -0.25) is 0 Å². The molecule has 5 atom stereocenters. The summed E-state index contributed by atoms with van der Waals surface area (Å²) in [5, 5.41) is 20.3. The fourth-order valence-electron chi connectivity index (χ4n) is 3.47. The third-order valence-corrected chi connectivity index (χ3v) is 4.12. The van der Waals surface area contributed by atoms with Crippen molar-refractivity contribution in [2.45, 2.75) is 44.2 Å². The number of aliphatic hydroxyl groups excluding tert-OH is 1. The summed E-state index contributed by atoms with van der Waals surface area (Å²) in [5.41, 5.74) is 0.494. The molecular formula is C11H16O3. The summed E-state index contributed by atoms with van der Waals surface area (Å²) < 4.78 is 5.41. The number of ether oxygens (including phenoxy) is 1. The van der Waals surface area contributed by atoms with Crippen LogP contribution in [-0.4, -0.2) is 28.2 Å². The first-order valence-electron chi connectivity index (χ1n) is 5.35. The molecule has 14 heavy (non-hydrogen) atoms. The quantitative estimate of drug-likeness (QED) is 0.564. The molecule has 1 saturated heterocycles. The maximum atomic E-state index is 10.6. The van der Waals surface area contributed by atoms with E-state index in [2.05, 4.69) is 6.92 Å². The van der Waals surface area contributed by atoms with E-state index in [4.69, 9.17) is 4.74 Å². The summed E-state index contributed by atoms with van der Waals surface area (Å²) in [4.78, 5) is 0. The molecule has 3 unspecified atom stereocenters. The van der Waals surface area contributed by atoms with Crippen molar-refractivity contribution >= 4 is 0 Å². The van der Waals surface area contributed by atoms with Gasteiger partial charge in [-0.05, 0) is 32.1 Å². The van der Waals surface area contributed by atoms with E-state index >= 15 is 0 Å². The van der Waals surface area contributed by atoms with Crippen molar-refractivity contribution in [1.82, 2.24) is 0 Å². The Hall–Kier alpha value is -0.380. The molecule has 0 aromatic heterocycles. The molecule has 3 nitrogen and oxygen atoms in total. The van der Waals surface area contributed by atoms with Crippen molar-refractivity contribution in [2.75, 3.05) is 0 Å². The average Bonchev–Trinajstić information content (AvgIpc) is 2.55. The first-order valence-corrected chi connectivity index (χ1v) is 5.35. The second-order valence-electron chi connectivity index (χ2n) is 4.92. The fourth-order valence-corrected chi connectivity index (χ4v) is 3.47. The van der Waals surface area contributed by atoms with Crippen LogP contribution in [0.4, 0.5) is 0 Å². The summed E-state index contributed by atoms with van der Waals surface area (Å²) in [6.45, 7) is 2.07. The lowest BCUT2D eigenvalue weighted by atomic mass is 9.72. The Morgan fingerprint density at radius 2 is 2.29 bits per heavy atom. The molecule has 0 amide bonds. The van der Waals surface area contributed by atoms with Gasteiger partial charge < -0.3 is 14.9 Å². The van der Waals surface area contributed by atoms with Gasteiger partial charge in [-0.1, -0.05) is 11.6 Å². The summed E-state index contributed by atoms with van der Waals surface area (Å²) >= 11 is 0. The largest absolute Gasteiger partial charge is 0.386 e. The molecule has 2 aliphatic carbocycles. The summed E-state index contributed by atoms with van der Waals surface area (Å²) in [5.74, 6) is 0.0911. The summed E-state index contributed by atoms with van der Waals surface area (Å²) in [7, 11) is 0. The van der Waals surface area contributed by atoms with Crippen molar-refractivity contribution in [3.63, 3.8) is 0 Å². The Labute approximate surface area is 83.4 Å². The molecule has 1 aliphatic heterocycles. The lowest BCUT2D eigenvalue weighted by Gasteiger charge is -2.37. The van der Waals surface area contributed by atoms with Crippen LogP contribution in [0.3, 0.4) is 0 Å². The van der Waals surface area contributed by atoms with Crippen LogP contribution in [0.1, 0.15) is 26.2 Å². The predicted molar refractivity (Wildman–Crippen MR) is 50.4 cm³/mol. The molecular weight excluding hydrogens is 180 g/mol. The average molecular weight is 196 g/mol. The lowest BCUT2D eigenvalue weighted by Crippen LogP contribution is -2.47. The van der Waals surface area contributed by atoms with Gasteiger partial charge in [0.15, 0.2) is 6.29 Å². The van der Waals surface area contributed by atoms with Crippen LogP contribution < -0.4 is 0 Å². The molecule has 0 radical (unpaired) electrons. The van der Waals surface area contributed by atoms with E-state index in [1.807, 2.05) is 6.08 Å². The molecule has 3 heteroatoms. The van der Waals surface area contributed by atoms with Gasteiger partial charge in [0.05, 0.1) is 12.0 Å². The maximum Gasteiger partial charge on any atom is 0.164 e. The maximum absolute atomic E-state index is 10.6. The zero-order chi connectivity index (χ0) is 9.92. The monoisotopic (exact) mass is 196 g/mol. The van der Waals surface area contributed by atoms with Gasteiger partial charge in [-0.15, -0.1) is 0 Å². The Morgan fingerprint density at radius 1 is 1.50 bits per heavy atom. The zero-order valence-corrected chi connectivity index (χ0v) is 8.31. The third kappa shape index (κ3) is 0.879. The molecule has 0 bridgehead atoms. The molecule has 3 aliphatic rings. The second-order valence-corrected chi connectivity index (χ2v) is 4.92. The van der Waals surface area contributed by atoms with Crippen molar-refractivity contribution in [3.8, 4) is 0 Å². The molecule has 2 N–H and O–H groups in total. The topological polar surface area (TPSA) is 49.7 Å². The highest BCUT2D eigenvalue weighted by atomic mass is 16.6. The van der Waals surface area contributed by atoms with Crippen LogP contribution in [0, 0.1) is 11.8 Å². The van der Waals surface area contributed by atoms with Gasteiger partial charge >= 0.3 is 0 Å². The Kier molecular flexibility index (Phi) is 1.65. The van der Waals surface area contributed by atoms with E-state index < -0.39 is 11.9 Å². The minimum absolute atomic E-state index is 0.142. The van der Waals surface area contributed by atoms with Gasteiger partial charge in [0.2, 0.25) is 0 Å². The predicted octanol–water partition coefficient (Wildman–Crippen LogP) is 0.811. The van der Waals surface area contributed by atoms with E-state index in [0.717, 1.165) is 19.3 Å². The van der Waals surface area contributed by atoms with Gasteiger partial charge in [-0.25, -0.2) is 0 Å². The molecule has 0 aromatic rings. The minimum Gasteiger partial charge on any atom is -0.386 e. The Morgan fingerprint density at radius 3 is 3.07 bits per heavy atom. The van der Waals surface area contributed by atoms with Gasteiger partial charge in [0, 0.05) is 0 Å². The number of rotatable bonds is 0. The first-order chi connectivity index (χ1) is 6.62. The number of hydrogen-bond acceptors (Lipinski definition) is 3. The highest BCUT2D eigenvalue weighted by Crippen LogP contribution is 2.54.